The van der Waals surface area contributed by atoms with Gasteiger partial charge in [-0.25, -0.2) is 9.78 Å². The fraction of sp³-hybridized carbons (Fsp3) is 0.105. The van der Waals surface area contributed by atoms with E-state index in [9.17, 15) is 9.59 Å². The van der Waals surface area contributed by atoms with Crippen LogP contribution in [0.5, 0.6) is 0 Å². The number of carbonyl (C=O) groups is 2. The standard InChI is InChI=1S/C19H15N5O3S/c1-11-23-24-19(28-11)22-16(25)10-27-18(26)13-7-8-14-15(9-13)21-17(20-14)12-5-3-2-4-6-12/h2-9H,10H2,1H3,(H,20,21)(H,22,24,25). The van der Waals surface area contributed by atoms with E-state index >= 15 is 0 Å². The van der Waals surface area contributed by atoms with Crippen LogP contribution in [0.25, 0.3) is 22.4 Å². The van der Waals surface area contributed by atoms with Crippen molar-refractivity contribution in [2.45, 2.75) is 6.92 Å². The highest BCUT2D eigenvalue weighted by Gasteiger charge is 2.14. The summed E-state index contributed by atoms with van der Waals surface area (Å²) in [4.78, 5) is 31.8. The van der Waals surface area contributed by atoms with E-state index in [4.69, 9.17) is 4.74 Å². The Bertz CT molecular complexity index is 1150. The molecule has 0 radical (unpaired) electrons. The molecular formula is C19H15N5O3S. The summed E-state index contributed by atoms with van der Waals surface area (Å²) < 4.78 is 5.08. The molecule has 0 bridgehead atoms. The first-order valence-electron chi connectivity index (χ1n) is 8.41. The number of nitrogens with one attached hydrogen (secondary N) is 2. The van der Waals surface area contributed by atoms with Crippen molar-refractivity contribution in [3.63, 3.8) is 0 Å². The van der Waals surface area contributed by atoms with Gasteiger partial charge in [-0.05, 0) is 25.1 Å². The molecule has 0 unspecified atom stereocenters. The molecule has 0 aliphatic rings. The van der Waals surface area contributed by atoms with E-state index < -0.39 is 18.5 Å². The number of benzene rings is 2. The van der Waals surface area contributed by atoms with Crippen molar-refractivity contribution < 1.29 is 14.3 Å². The molecule has 2 aromatic carbocycles. The van der Waals surface area contributed by atoms with Gasteiger partial charge in [0.15, 0.2) is 6.61 Å². The third-order valence-electron chi connectivity index (χ3n) is 3.87. The monoisotopic (exact) mass is 393 g/mol. The summed E-state index contributed by atoms with van der Waals surface area (Å²) in [6.45, 7) is 1.37. The molecule has 0 spiro atoms. The predicted octanol–water partition coefficient (Wildman–Crippen LogP) is 3.19. The molecule has 2 aromatic heterocycles. The molecule has 0 aliphatic carbocycles. The highest BCUT2D eigenvalue weighted by atomic mass is 32.1. The molecule has 140 valence electrons. The molecule has 0 saturated carbocycles. The smallest absolute Gasteiger partial charge is 0.338 e. The molecule has 0 fully saturated rings. The Morgan fingerprint density at radius 1 is 1.14 bits per heavy atom. The number of aromatic nitrogens is 4. The SMILES string of the molecule is Cc1nnc(NC(=O)COC(=O)c2ccc3nc(-c4ccccc4)[nH]c3c2)s1. The fourth-order valence-electron chi connectivity index (χ4n) is 2.59. The Kier molecular flexibility index (Phi) is 4.81. The van der Waals surface area contributed by atoms with Crippen LogP contribution >= 0.6 is 11.3 Å². The number of nitrogens with zero attached hydrogens (tertiary/aromatic N) is 3. The summed E-state index contributed by atoms with van der Waals surface area (Å²) in [7, 11) is 0. The van der Waals surface area contributed by atoms with E-state index in [0.717, 1.165) is 16.1 Å². The molecule has 0 aliphatic heterocycles. The van der Waals surface area contributed by atoms with Gasteiger partial charge in [0.25, 0.3) is 5.91 Å². The highest BCUT2D eigenvalue weighted by molar-refractivity contribution is 7.15. The minimum Gasteiger partial charge on any atom is -0.452 e. The molecular weight excluding hydrogens is 378 g/mol. The van der Waals surface area contributed by atoms with Gasteiger partial charge in [0.1, 0.15) is 10.8 Å². The first kappa shape index (κ1) is 17.8. The van der Waals surface area contributed by atoms with Gasteiger partial charge in [0.05, 0.1) is 16.6 Å². The lowest BCUT2D eigenvalue weighted by molar-refractivity contribution is -0.119. The number of amides is 1. The van der Waals surface area contributed by atoms with Crippen LogP contribution in [0.1, 0.15) is 15.4 Å². The number of esters is 1. The van der Waals surface area contributed by atoms with Gasteiger partial charge in [0, 0.05) is 5.56 Å². The van der Waals surface area contributed by atoms with Crippen molar-refractivity contribution in [1.29, 1.82) is 0 Å². The molecule has 2 N–H and O–H groups in total. The predicted molar refractivity (Wildman–Crippen MR) is 105 cm³/mol. The number of hydrogen-bond acceptors (Lipinski definition) is 7. The average Bonchev–Trinajstić information content (AvgIpc) is 3.32. The molecule has 0 atom stereocenters. The number of fused-ring (bicyclic) bond motifs is 1. The lowest BCUT2D eigenvalue weighted by Crippen LogP contribution is -2.20. The second kappa shape index (κ2) is 7.57. The van der Waals surface area contributed by atoms with Gasteiger partial charge in [-0.1, -0.05) is 41.7 Å². The lowest BCUT2D eigenvalue weighted by Gasteiger charge is -2.04. The van der Waals surface area contributed by atoms with Crippen molar-refractivity contribution in [1.82, 2.24) is 20.2 Å². The zero-order valence-corrected chi connectivity index (χ0v) is 15.6. The zero-order valence-electron chi connectivity index (χ0n) is 14.8. The van der Waals surface area contributed by atoms with Crippen molar-refractivity contribution in [2.24, 2.45) is 0 Å². The van der Waals surface area contributed by atoms with Crippen LogP contribution in [0.15, 0.2) is 48.5 Å². The van der Waals surface area contributed by atoms with Gasteiger partial charge in [-0.2, -0.15) is 0 Å². The molecule has 2 heterocycles. The van der Waals surface area contributed by atoms with Crippen LogP contribution in [0.3, 0.4) is 0 Å². The van der Waals surface area contributed by atoms with Gasteiger partial charge < -0.3 is 9.72 Å². The molecule has 0 saturated heterocycles. The highest BCUT2D eigenvalue weighted by Crippen LogP contribution is 2.21. The third kappa shape index (κ3) is 3.89. The van der Waals surface area contributed by atoms with E-state index in [1.165, 1.54) is 11.3 Å². The van der Waals surface area contributed by atoms with Crippen LogP contribution in [0, 0.1) is 6.92 Å². The number of rotatable bonds is 5. The van der Waals surface area contributed by atoms with Gasteiger partial charge in [-0.3, -0.25) is 10.1 Å². The normalized spacial score (nSPS) is 10.8. The minimum atomic E-state index is -0.596. The second-order valence-electron chi connectivity index (χ2n) is 5.93. The van der Waals surface area contributed by atoms with Crippen LogP contribution in [0.4, 0.5) is 5.13 Å². The summed E-state index contributed by atoms with van der Waals surface area (Å²) in [5.41, 5.74) is 2.73. The topological polar surface area (TPSA) is 110 Å². The van der Waals surface area contributed by atoms with E-state index in [0.29, 0.717) is 22.0 Å². The molecule has 8 nitrogen and oxygen atoms in total. The van der Waals surface area contributed by atoms with Crippen LogP contribution in [-0.2, 0) is 9.53 Å². The Balaban J connectivity index is 1.43. The van der Waals surface area contributed by atoms with Gasteiger partial charge in [0.2, 0.25) is 5.13 Å². The van der Waals surface area contributed by atoms with Crippen molar-refractivity contribution in [3.05, 3.63) is 59.1 Å². The molecule has 28 heavy (non-hydrogen) atoms. The first-order valence-corrected chi connectivity index (χ1v) is 9.22. The molecule has 4 rings (SSSR count). The summed E-state index contributed by atoms with van der Waals surface area (Å²) in [6, 6.07) is 14.7. The van der Waals surface area contributed by atoms with E-state index in [-0.39, 0.29) is 0 Å². The summed E-state index contributed by atoms with van der Waals surface area (Å²) in [6.07, 6.45) is 0. The number of aromatic amines is 1. The van der Waals surface area contributed by atoms with Gasteiger partial charge >= 0.3 is 5.97 Å². The van der Waals surface area contributed by atoms with E-state index in [1.807, 2.05) is 30.3 Å². The maximum atomic E-state index is 12.3. The third-order valence-corrected chi connectivity index (χ3v) is 4.63. The largest absolute Gasteiger partial charge is 0.452 e. The molecule has 4 aromatic rings. The maximum absolute atomic E-state index is 12.3. The minimum absolute atomic E-state index is 0.329. The van der Waals surface area contributed by atoms with Crippen LogP contribution in [-0.4, -0.2) is 38.6 Å². The van der Waals surface area contributed by atoms with Crippen molar-refractivity contribution in [3.8, 4) is 11.4 Å². The van der Waals surface area contributed by atoms with Crippen LogP contribution in [0.2, 0.25) is 0 Å². The quantitative estimate of drug-likeness (QED) is 0.504. The number of hydrogen-bond donors (Lipinski definition) is 2. The Hall–Kier alpha value is -3.59. The second-order valence-corrected chi connectivity index (χ2v) is 7.12. The Morgan fingerprint density at radius 3 is 2.71 bits per heavy atom. The zero-order chi connectivity index (χ0) is 19.5. The molecule has 9 heteroatoms. The fourth-order valence-corrected chi connectivity index (χ4v) is 3.19. The number of imidazole rings is 1. The van der Waals surface area contributed by atoms with E-state index in [1.54, 1.807) is 25.1 Å². The number of ether oxygens (including phenoxy) is 1. The van der Waals surface area contributed by atoms with Gasteiger partial charge in [-0.15, -0.1) is 10.2 Å². The number of H-pyrrole nitrogens is 1. The summed E-state index contributed by atoms with van der Waals surface area (Å²) in [5, 5.41) is 11.2. The number of anilines is 1. The number of aryl methyl sites for hydroxylation is 1. The summed E-state index contributed by atoms with van der Waals surface area (Å²) >= 11 is 1.24. The van der Waals surface area contributed by atoms with Crippen molar-refractivity contribution >= 4 is 39.4 Å². The Morgan fingerprint density at radius 2 is 1.96 bits per heavy atom. The maximum Gasteiger partial charge on any atom is 0.338 e. The van der Waals surface area contributed by atoms with Crippen molar-refractivity contribution in [2.75, 3.05) is 11.9 Å². The Labute approximate surface area is 163 Å². The summed E-state index contributed by atoms with van der Waals surface area (Å²) in [5.74, 6) is -0.354. The lowest BCUT2D eigenvalue weighted by atomic mass is 10.2. The van der Waals surface area contributed by atoms with Crippen LogP contribution < -0.4 is 5.32 Å². The molecule has 1 amide bonds. The average molecular weight is 393 g/mol. The van der Waals surface area contributed by atoms with E-state index in [2.05, 4.69) is 25.5 Å². The first-order chi connectivity index (χ1) is 13.6. The number of carbonyl (C=O) groups excluding carboxylic acids is 2.